The fourth-order valence-electron chi connectivity index (χ4n) is 3.65. The van der Waals surface area contributed by atoms with E-state index in [9.17, 15) is 4.39 Å². The summed E-state index contributed by atoms with van der Waals surface area (Å²) in [5.74, 6) is 0.132. The minimum Gasteiger partial charge on any atom is -0.276 e. The second-order valence-electron chi connectivity index (χ2n) is 6.91. The summed E-state index contributed by atoms with van der Waals surface area (Å²) in [5.41, 5.74) is 5.55. The topological polar surface area (TPSA) is 30.2 Å². The van der Waals surface area contributed by atoms with E-state index in [4.69, 9.17) is 16.6 Å². The number of fused-ring (bicyclic) bond motifs is 3. The Kier molecular flexibility index (Phi) is 4.29. The van der Waals surface area contributed by atoms with Gasteiger partial charge in [-0.3, -0.25) is 4.40 Å². The van der Waals surface area contributed by atoms with Crippen LogP contribution in [0.15, 0.2) is 72.8 Å². The van der Waals surface area contributed by atoms with Gasteiger partial charge >= 0.3 is 0 Å². The van der Waals surface area contributed by atoms with Crippen molar-refractivity contribution in [1.29, 1.82) is 0 Å². The van der Waals surface area contributed by atoms with Crippen LogP contribution >= 0.6 is 11.6 Å². The number of rotatable bonds is 3. The monoisotopic (exact) mass is 401 g/mol. The van der Waals surface area contributed by atoms with Crippen molar-refractivity contribution in [3.05, 3.63) is 89.2 Å². The van der Waals surface area contributed by atoms with Crippen LogP contribution in [0.3, 0.4) is 0 Å². The minimum atomic E-state index is -0.380. The molecule has 5 aromatic rings. The molecule has 0 bridgehead atoms. The van der Waals surface area contributed by atoms with Gasteiger partial charge in [-0.25, -0.2) is 14.4 Å². The number of hydrogen-bond donors (Lipinski definition) is 0. The zero-order chi connectivity index (χ0) is 20.0. The standard InChI is InChI=1S/C24H17ClFN3/c1-2-15-10-12-16(13-11-15)20-14-22(23-17(25)6-5-7-18(23)26)29-21-9-4-3-8-19(21)27-24(29)28-20/h3-14H,2H2,1H3. The molecule has 5 heteroatoms. The summed E-state index contributed by atoms with van der Waals surface area (Å²) < 4.78 is 16.7. The first-order valence-electron chi connectivity index (χ1n) is 9.47. The molecule has 0 unspecified atom stereocenters. The first-order valence-corrected chi connectivity index (χ1v) is 9.85. The van der Waals surface area contributed by atoms with Crippen LogP contribution in [0.4, 0.5) is 4.39 Å². The van der Waals surface area contributed by atoms with E-state index in [1.165, 1.54) is 11.6 Å². The van der Waals surface area contributed by atoms with E-state index in [1.807, 2.05) is 46.9 Å². The van der Waals surface area contributed by atoms with Gasteiger partial charge in [-0.15, -0.1) is 0 Å². The Morgan fingerprint density at radius 3 is 2.48 bits per heavy atom. The third-order valence-corrected chi connectivity index (χ3v) is 5.47. The highest BCUT2D eigenvalue weighted by atomic mass is 35.5. The van der Waals surface area contributed by atoms with Crippen molar-refractivity contribution in [2.75, 3.05) is 0 Å². The number of hydrogen-bond acceptors (Lipinski definition) is 2. The molecule has 3 nitrogen and oxygen atoms in total. The molecule has 0 fully saturated rings. The van der Waals surface area contributed by atoms with Gasteiger partial charge in [-0.2, -0.15) is 0 Å². The lowest BCUT2D eigenvalue weighted by molar-refractivity contribution is 0.630. The zero-order valence-electron chi connectivity index (χ0n) is 15.7. The van der Waals surface area contributed by atoms with Crippen LogP contribution in [0.5, 0.6) is 0 Å². The van der Waals surface area contributed by atoms with Crippen LogP contribution in [0.25, 0.3) is 39.3 Å². The lowest BCUT2D eigenvalue weighted by atomic mass is 10.0. The van der Waals surface area contributed by atoms with Crippen LogP contribution in [0.1, 0.15) is 12.5 Å². The predicted octanol–water partition coefficient (Wildman–Crippen LogP) is 6.57. The quantitative estimate of drug-likeness (QED) is 0.342. The fraction of sp³-hybridized carbons (Fsp3) is 0.0833. The van der Waals surface area contributed by atoms with Crippen LogP contribution in [-0.2, 0) is 6.42 Å². The zero-order valence-corrected chi connectivity index (χ0v) is 16.5. The normalized spacial score (nSPS) is 11.4. The lowest BCUT2D eigenvalue weighted by Gasteiger charge is -2.12. The first-order chi connectivity index (χ1) is 14.2. The van der Waals surface area contributed by atoms with Crippen molar-refractivity contribution in [3.63, 3.8) is 0 Å². The van der Waals surface area contributed by atoms with Crippen LogP contribution in [0, 0.1) is 5.82 Å². The van der Waals surface area contributed by atoms with E-state index in [1.54, 1.807) is 12.1 Å². The largest absolute Gasteiger partial charge is 0.276 e. The van der Waals surface area contributed by atoms with Gasteiger partial charge in [0.15, 0.2) is 0 Å². The van der Waals surface area contributed by atoms with Gasteiger partial charge in [0.25, 0.3) is 0 Å². The Morgan fingerprint density at radius 2 is 1.72 bits per heavy atom. The van der Waals surface area contributed by atoms with Crippen molar-refractivity contribution < 1.29 is 4.39 Å². The molecule has 0 saturated heterocycles. The highest BCUT2D eigenvalue weighted by molar-refractivity contribution is 6.33. The number of imidazole rings is 1. The summed E-state index contributed by atoms with van der Waals surface area (Å²) in [5, 5.41) is 0.350. The number of para-hydroxylation sites is 2. The van der Waals surface area contributed by atoms with E-state index >= 15 is 0 Å². The molecule has 29 heavy (non-hydrogen) atoms. The van der Waals surface area contributed by atoms with E-state index in [0.717, 1.165) is 28.7 Å². The smallest absolute Gasteiger partial charge is 0.235 e. The van der Waals surface area contributed by atoms with Gasteiger partial charge < -0.3 is 0 Å². The van der Waals surface area contributed by atoms with Gasteiger partial charge in [0, 0.05) is 5.56 Å². The number of aryl methyl sites for hydroxylation is 1. The molecule has 0 atom stereocenters. The highest BCUT2D eigenvalue weighted by Crippen LogP contribution is 2.35. The van der Waals surface area contributed by atoms with Crippen LogP contribution in [-0.4, -0.2) is 14.4 Å². The SMILES string of the molecule is CCc1ccc(-c2cc(-c3c(F)cccc3Cl)n3c(n2)nc2ccccc23)cc1. The third kappa shape index (κ3) is 2.97. The molecule has 5 rings (SSSR count). The average Bonchev–Trinajstić information content (AvgIpc) is 3.12. The maximum Gasteiger partial charge on any atom is 0.235 e. The summed E-state index contributed by atoms with van der Waals surface area (Å²) in [6.07, 6.45) is 0.967. The van der Waals surface area contributed by atoms with Crippen molar-refractivity contribution in [2.45, 2.75) is 13.3 Å². The molecule has 0 aliphatic heterocycles. The summed E-state index contributed by atoms with van der Waals surface area (Å²) >= 11 is 6.43. The molecule has 3 aromatic carbocycles. The molecular weight excluding hydrogens is 385 g/mol. The average molecular weight is 402 g/mol. The summed E-state index contributed by atoms with van der Waals surface area (Å²) in [6, 6.07) is 22.6. The molecule has 2 heterocycles. The van der Waals surface area contributed by atoms with Gasteiger partial charge in [0.05, 0.1) is 33.0 Å². The van der Waals surface area contributed by atoms with E-state index in [-0.39, 0.29) is 5.82 Å². The van der Waals surface area contributed by atoms with Gasteiger partial charge in [0.2, 0.25) is 5.78 Å². The van der Waals surface area contributed by atoms with E-state index in [0.29, 0.717) is 22.1 Å². The van der Waals surface area contributed by atoms with Crippen LogP contribution in [0.2, 0.25) is 5.02 Å². The van der Waals surface area contributed by atoms with Gasteiger partial charge in [0.1, 0.15) is 5.82 Å². The van der Waals surface area contributed by atoms with Gasteiger partial charge in [-0.1, -0.05) is 61.0 Å². The fourth-order valence-corrected chi connectivity index (χ4v) is 3.91. The molecule has 0 amide bonds. The summed E-state index contributed by atoms with van der Waals surface area (Å²) in [6.45, 7) is 2.12. The predicted molar refractivity (Wildman–Crippen MR) is 116 cm³/mol. The second kappa shape index (κ2) is 6.98. The molecule has 0 N–H and O–H groups in total. The Bertz CT molecular complexity index is 1340. The highest BCUT2D eigenvalue weighted by Gasteiger charge is 2.18. The maximum absolute atomic E-state index is 14.9. The molecular formula is C24H17ClFN3. The number of aromatic nitrogens is 3. The summed E-state index contributed by atoms with van der Waals surface area (Å²) in [4.78, 5) is 9.44. The van der Waals surface area contributed by atoms with Crippen molar-refractivity contribution in [1.82, 2.24) is 14.4 Å². The van der Waals surface area contributed by atoms with Gasteiger partial charge in [-0.05, 0) is 42.3 Å². The Hall–Kier alpha value is -3.24. The van der Waals surface area contributed by atoms with E-state index < -0.39 is 0 Å². The second-order valence-corrected chi connectivity index (χ2v) is 7.32. The molecule has 0 saturated carbocycles. The Balaban J connectivity index is 1.87. The molecule has 0 spiro atoms. The minimum absolute atomic E-state index is 0.344. The Morgan fingerprint density at radius 1 is 0.931 bits per heavy atom. The number of nitrogens with zero attached hydrogens (tertiary/aromatic N) is 3. The summed E-state index contributed by atoms with van der Waals surface area (Å²) in [7, 11) is 0. The molecule has 142 valence electrons. The molecule has 0 aliphatic carbocycles. The molecule has 2 aromatic heterocycles. The third-order valence-electron chi connectivity index (χ3n) is 5.15. The van der Waals surface area contributed by atoms with Crippen LogP contribution < -0.4 is 0 Å². The number of benzene rings is 3. The van der Waals surface area contributed by atoms with Crippen molar-refractivity contribution in [2.24, 2.45) is 0 Å². The van der Waals surface area contributed by atoms with E-state index in [2.05, 4.69) is 24.0 Å². The Labute approximate surface area is 172 Å². The molecule has 0 aliphatic rings. The molecule has 0 radical (unpaired) electrons. The van der Waals surface area contributed by atoms with Crippen molar-refractivity contribution >= 4 is 28.4 Å². The first kappa shape index (κ1) is 17.8. The van der Waals surface area contributed by atoms with Crippen molar-refractivity contribution in [3.8, 4) is 22.5 Å². The number of halogens is 2. The lowest BCUT2D eigenvalue weighted by Crippen LogP contribution is -1.99. The maximum atomic E-state index is 14.9.